The first-order valence-corrected chi connectivity index (χ1v) is 12.7. The fraction of sp³-hybridized carbons (Fsp3) is 0.200. The van der Waals surface area contributed by atoms with Gasteiger partial charge < -0.3 is 15.4 Å². The van der Waals surface area contributed by atoms with Crippen LogP contribution in [0.15, 0.2) is 66.7 Å². The van der Waals surface area contributed by atoms with Crippen LogP contribution >= 0.6 is 11.6 Å². The lowest BCUT2D eigenvalue weighted by molar-refractivity contribution is 0.0523. The zero-order valence-electron chi connectivity index (χ0n) is 21.8. The van der Waals surface area contributed by atoms with Gasteiger partial charge in [0.2, 0.25) is 0 Å². The van der Waals surface area contributed by atoms with Crippen LogP contribution in [-0.4, -0.2) is 38.8 Å². The molecule has 0 unspecified atom stereocenters. The minimum absolute atomic E-state index is 0.128. The summed E-state index contributed by atoms with van der Waals surface area (Å²) in [5.41, 5.74) is 10.9. The summed E-state index contributed by atoms with van der Waals surface area (Å²) in [7, 11) is 0. The number of benzene rings is 3. The second-order valence-corrected chi connectivity index (χ2v) is 10.9. The summed E-state index contributed by atoms with van der Waals surface area (Å²) in [6, 6.07) is 18.5. The molecule has 2 N–H and O–H groups in total. The summed E-state index contributed by atoms with van der Waals surface area (Å²) in [4.78, 5) is 27.8. The molecule has 3 aromatic carbocycles. The van der Waals surface area contributed by atoms with Crippen molar-refractivity contribution in [2.75, 3.05) is 12.3 Å². The zero-order valence-corrected chi connectivity index (χ0v) is 22.5. The first-order valence-electron chi connectivity index (χ1n) is 12.3. The Labute approximate surface area is 230 Å². The molecule has 9 heteroatoms. The van der Waals surface area contributed by atoms with E-state index in [9.17, 15) is 9.59 Å². The number of halogens is 1. The molecule has 0 saturated carbocycles. The lowest BCUT2D eigenvalue weighted by Crippen LogP contribution is -2.27. The second kappa shape index (κ2) is 9.61. The Morgan fingerprint density at radius 1 is 1.18 bits per heavy atom. The van der Waals surface area contributed by atoms with Crippen molar-refractivity contribution in [3.63, 3.8) is 0 Å². The van der Waals surface area contributed by atoms with Crippen LogP contribution in [0.4, 0.5) is 10.5 Å². The van der Waals surface area contributed by atoms with Gasteiger partial charge in [-0.3, -0.25) is 4.79 Å². The van der Waals surface area contributed by atoms with Crippen LogP contribution in [0, 0.1) is 11.3 Å². The molecule has 0 saturated heterocycles. The van der Waals surface area contributed by atoms with E-state index in [-0.39, 0.29) is 12.5 Å². The molecule has 0 bridgehead atoms. The third kappa shape index (κ3) is 4.85. The molecule has 8 nitrogen and oxygen atoms in total. The van der Waals surface area contributed by atoms with Crippen molar-refractivity contribution in [2.45, 2.75) is 32.9 Å². The normalized spacial score (nSPS) is 12.9. The number of hydrogen-bond donors (Lipinski definition) is 1. The van der Waals surface area contributed by atoms with Crippen molar-refractivity contribution >= 4 is 40.2 Å². The molecular formula is C30H26ClN5O3. The standard InChI is InChI=1S/C30H26ClN5O3/c1-17(14-32)15-35-16-23-21(9-10-24(33)26(23)28(35)37)18-8-11-25-22(13-18)27(19-6-5-7-20(31)12-19)34-36(25)29(38)39-30(2,3)4/h5-13H,1,15-16,33H2,2-4H3. The fourth-order valence-corrected chi connectivity index (χ4v) is 4.94. The van der Waals surface area contributed by atoms with Crippen LogP contribution in [0.1, 0.15) is 36.7 Å². The smallest absolute Gasteiger partial charge is 0.435 e. The van der Waals surface area contributed by atoms with Crippen molar-refractivity contribution in [2.24, 2.45) is 0 Å². The van der Waals surface area contributed by atoms with Crippen LogP contribution in [0.25, 0.3) is 33.3 Å². The Bertz CT molecular complexity index is 1730. The molecule has 1 aliphatic rings. The molecule has 1 amide bonds. The van der Waals surface area contributed by atoms with Crippen LogP contribution in [0.2, 0.25) is 5.02 Å². The number of fused-ring (bicyclic) bond motifs is 2. The Kier molecular flexibility index (Phi) is 6.41. The van der Waals surface area contributed by atoms with E-state index in [0.29, 0.717) is 45.0 Å². The second-order valence-electron chi connectivity index (χ2n) is 10.4. The zero-order chi connectivity index (χ0) is 28.1. The van der Waals surface area contributed by atoms with E-state index in [2.05, 4.69) is 11.7 Å². The Balaban J connectivity index is 1.67. The topological polar surface area (TPSA) is 114 Å². The third-order valence-corrected chi connectivity index (χ3v) is 6.63. The number of carbonyl (C=O) groups is 2. The fourth-order valence-electron chi connectivity index (χ4n) is 4.75. The van der Waals surface area contributed by atoms with Gasteiger partial charge in [-0.25, -0.2) is 4.79 Å². The number of rotatable bonds is 4. The Morgan fingerprint density at radius 3 is 2.64 bits per heavy atom. The number of anilines is 1. The number of amides is 1. The molecule has 4 aromatic rings. The van der Waals surface area contributed by atoms with E-state index in [4.69, 9.17) is 27.3 Å². The largest absolute Gasteiger partial charge is 0.442 e. The van der Waals surface area contributed by atoms with Gasteiger partial charge in [0, 0.05) is 33.8 Å². The van der Waals surface area contributed by atoms with Gasteiger partial charge in [-0.05, 0) is 67.8 Å². The lowest BCUT2D eigenvalue weighted by atomic mass is 9.94. The van der Waals surface area contributed by atoms with Gasteiger partial charge in [-0.1, -0.05) is 42.4 Å². The van der Waals surface area contributed by atoms with Gasteiger partial charge in [0.1, 0.15) is 11.3 Å². The predicted molar refractivity (Wildman–Crippen MR) is 151 cm³/mol. The highest BCUT2D eigenvalue weighted by Gasteiger charge is 2.32. The molecule has 2 heterocycles. The molecule has 1 aromatic heterocycles. The minimum atomic E-state index is -0.703. The van der Waals surface area contributed by atoms with E-state index in [1.165, 1.54) is 4.68 Å². The van der Waals surface area contributed by atoms with Crippen molar-refractivity contribution in [3.8, 4) is 28.5 Å². The molecule has 0 radical (unpaired) electrons. The van der Waals surface area contributed by atoms with E-state index in [0.717, 1.165) is 22.3 Å². The number of nitrogens with zero attached hydrogens (tertiary/aromatic N) is 4. The van der Waals surface area contributed by atoms with Crippen LogP contribution in [0.5, 0.6) is 0 Å². The van der Waals surface area contributed by atoms with Crippen LogP contribution in [-0.2, 0) is 11.3 Å². The van der Waals surface area contributed by atoms with E-state index in [1.54, 1.807) is 43.9 Å². The molecule has 0 atom stereocenters. The number of carbonyl (C=O) groups excluding carboxylic acids is 2. The molecule has 1 aliphatic heterocycles. The summed E-state index contributed by atoms with van der Waals surface area (Å²) in [6.45, 7) is 9.53. The molecule has 5 rings (SSSR count). The van der Waals surface area contributed by atoms with Crippen molar-refractivity contribution in [1.29, 1.82) is 5.26 Å². The van der Waals surface area contributed by atoms with Crippen LogP contribution < -0.4 is 5.73 Å². The third-order valence-electron chi connectivity index (χ3n) is 6.39. The summed E-state index contributed by atoms with van der Waals surface area (Å²) < 4.78 is 6.86. The highest BCUT2D eigenvalue weighted by Crippen LogP contribution is 2.39. The van der Waals surface area contributed by atoms with Gasteiger partial charge in [0.05, 0.1) is 23.7 Å². The minimum Gasteiger partial charge on any atom is -0.442 e. The summed E-state index contributed by atoms with van der Waals surface area (Å²) in [6.07, 6.45) is -0.596. The molecule has 0 fully saturated rings. The maximum atomic E-state index is 13.1. The average Bonchev–Trinajstić information content (AvgIpc) is 3.41. The first kappa shape index (κ1) is 26.0. The van der Waals surface area contributed by atoms with Gasteiger partial charge in [-0.2, -0.15) is 15.0 Å². The number of ether oxygens (including phenoxy) is 1. The van der Waals surface area contributed by atoms with Gasteiger partial charge in [0.25, 0.3) is 5.91 Å². The summed E-state index contributed by atoms with van der Waals surface area (Å²) in [5.74, 6) is -0.237. The maximum absolute atomic E-state index is 13.1. The van der Waals surface area contributed by atoms with Crippen molar-refractivity contribution in [3.05, 3.63) is 82.9 Å². The Morgan fingerprint density at radius 2 is 1.95 bits per heavy atom. The number of hydrogen-bond acceptors (Lipinski definition) is 6. The highest BCUT2D eigenvalue weighted by atomic mass is 35.5. The summed E-state index contributed by atoms with van der Waals surface area (Å²) >= 11 is 6.28. The first-order chi connectivity index (χ1) is 18.5. The maximum Gasteiger partial charge on any atom is 0.435 e. The lowest BCUT2D eigenvalue weighted by Gasteiger charge is -2.19. The molecule has 196 valence electrons. The Hall–Kier alpha value is -4.61. The molecular weight excluding hydrogens is 514 g/mol. The number of nitrogens with two attached hydrogens (primary N) is 1. The average molecular weight is 540 g/mol. The monoisotopic (exact) mass is 539 g/mol. The van der Waals surface area contributed by atoms with Crippen LogP contribution in [0.3, 0.4) is 0 Å². The molecule has 39 heavy (non-hydrogen) atoms. The van der Waals surface area contributed by atoms with Gasteiger partial charge in [-0.15, -0.1) is 0 Å². The SMILES string of the molecule is C=C(C#N)CN1Cc2c(-c3ccc4c(c3)c(-c3cccc(Cl)c3)nn4C(=O)OC(C)(C)C)ccc(N)c2C1=O. The summed E-state index contributed by atoms with van der Waals surface area (Å²) in [5, 5.41) is 15.1. The van der Waals surface area contributed by atoms with Crippen molar-refractivity contribution in [1.82, 2.24) is 14.7 Å². The molecule has 0 spiro atoms. The van der Waals surface area contributed by atoms with E-state index < -0.39 is 11.7 Å². The van der Waals surface area contributed by atoms with E-state index >= 15 is 0 Å². The van der Waals surface area contributed by atoms with Gasteiger partial charge in [0.15, 0.2) is 0 Å². The van der Waals surface area contributed by atoms with Crippen molar-refractivity contribution < 1.29 is 14.3 Å². The van der Waals surface area contributed by atoms with E-state index in [1.807, 2.05) is 42.5 Å². The number of nitrogen functional groups attached to an aromatic ring is 1. The predicted octanol–water partition coefficient (Wildman–Crippen LogP) is 6.42. The number of aromatic nitrogens is 2. The highest BCUT2D eigenvalue weighted by molar-refractivity contribution is 6.30. The quantitative estimate of drug-likeness (QED) is 0.236. The molecule has 0 aliphatic carbocycles. The number of nitriles is 1. The van der Waals surface area contributed by atoms with Gasteiger partial charge >= 0.3 is 6.09 Å².